The number of hydrogen-bond acceptors (Lipinski definition) is 2. The monoisotopic (exact) mass is 266 g/mol. The normalized spacial score (nSPS) is 11.2. The number of hydrogen-bond donors (Lipinski definition) is 1. The van der Waals surface area contributed by atoms with Crippen molar-refractivity contribution in [3.8, 4) is 0 Å². The molecule has 0 amide bonds. The van der Waals surface area contributed by atoms with Gasteiger partial charge >= 0.3 is 0 Å². The molecule has 0 fully saturated rings. The van der Waals surface area contributed by atoms with Gasteiger partial charge in [-0.3, -0.25) is 4.90 Å². The third-order valence-corrected chi connectivity index (χ3v) is 3.43. The molecule has 108 valence electrons. The molecule has 0 saturated heterocycles. The van der Waals surface area contributed by atoms with Crippen molar-refractivity contribution in [3.63, 3.8) is 0 Å². The van der Waals surface area contributed by atoms with Gasteiger partial charge in [0.2, 0.25) is 0 Å². The van der Waals surface area contributed by atoms with E-state index < -0.39 is 0 Å². The molecule has 0 aromatic heterocycles. The second-order valence-electron chi connectivity index (χ2n) is 5.08. The number of nitrogens with two attached hydrogens (primary N) is 1. The Kier molecular flexibility index (Phi) is 7.68. The molecule has 1 aromatic rings. The smallest absolute Gasteiger partial charge is 0.132 e. The van der Waals surface area contributed by atoms with Crippen LogP contribution in [-0.4, -0.2) is 18.0 Å². The molecule has 19 heavy (non-hydrogen) atoms. The van der Waals surface area contributed by atoms with Crippen LogP contribution in [0.1, 0.15) is 50.7 Å². The summed E-state index contributed by atoms with van der Waals surface area (Å²) in [6.07, 6.45) is 4.69. The first-order valence-electron chi connectivity index (χ1n) is 7.41. The number of nitrogens with zero attached hydrogens (tertiary/aromatic N) is 1. The van der Waals surface area contributed by atoms with Crippen molar-refractivity contribution in [2.45, 2.75) is 52.6 Å². The maximum Gasteiger partial charge on any atom is 0.132 e. The SMILES string of the molecule is CCCCN(CCCC)Cc1cccc(CN)c1F. The highest BCUT2D eigenvalue weighted by atomic mass is 19.1. The van der Waals surface area contributed by atoms with Gasteiger partial charge in [0.25, 0.3) is 0 Å². The predicted molar refractivity (Wildman–Crippen MR) is 79.4 cm³/mol. The number of unbranched alkanes of at least 4 members (excludes halogenated alkanes) is 2. The fraction of sp³-hybridized carbons (Fsp3) is 0.625. The summed E-state index contributed by atoms with van der Waals surface area (Å²) in [5, 5.41) is 0. The minimum Gasteiger partial charge on any atom is -0.326 e. The zero-order valence-corrected chi connectivity index (χ0v) is 12.3. The largest absolute Gasteiger partial charge is 0.326 e. The lowest BCUT2D eigenvalue weighted by Gasteiger charge is -2.22. The average molecular weight is 266 g/mol. The van der Waals surface area contributed by atoms with Gasteiger partial charge in [0.15, 0.2) is 0 Å². The maximum absolute atomic E-state index is 14.2. The van der Waals surface area contributed by atoms with Crippen molar-refractivity contribution in [1.82, 2.24) is 4.90 Å². The van der Waals surface area contributed by atoms with E-state index in [9.17, 15) is 4.39 Å². The molecule has 0 heterocycles. The Hall–Kier alpha value is -0.930. The van der Waals surface area contributed by atoms with Crippen LogP contribution in [0.3, 0.4) is 0 Å². The Morgan fingerprint density at radius 2 is 1.63 bits per heavy atom. The van der Waals surface area contributed by atoms with Crippen molar-refractivity contribution >= 4 is 0 Å². The average Bonchev–Trinajstić information content (AvgIpc) is 2.43. The molecular formula is C16H27FN2. The van der Waals surface area contributed by atoms with Crippen molar-refractivity contribution < 1.29 is 4.39 Å². The summed E-state index contributed by atoms with van der Waals surface area (Å²) in [7, 11) is 0. The van der Waals surface area contributed by atoms with E-state index in [2.05, 4.69) is 18.7 Å². The molecule has 3 heteroatoms. The van der Waals surface area contributed by atoms with E-state index >= 15 is 0 Å². The van der Waals surface area contributed by atoms with Crippen LogP contribution in [0.5, 0.6) is 0 Å². The molecule has 0 aliphatic heterocycles. The zero-order valence-electron chi connectivity index (χ0n) is 12.3. The Morgan fingerprint density at radius 1 is 1.05 bits per heavy atom. The van der Waals surface area contributed by atoms with E-state index in [1.54, 1.807) is 6.07 Å². The topological polar surface area (TPSA) is 29.3 Å². The van der Waals surface area contributed by atoms with Gasteiger partial charge < -0.3 is 5.73 Å². The van der Waals surface area contributed by atoms with Gasteiger partial charge in [0.05, 0.1) is 0 Å². The Balaban J connectivity index is 2.71. The van der Waals surface area contributed by atoms with E-state index in [1.165, 1.54) is 25.7 Å². The summed E-state index contributed by atoms with van der Waals surface area (Å²) in [5.74, 6) is -0.122. The van der Waals surface area contributed by atoms with Crippen LogP contribution >= 0.6 is 0 Å². The van der Waals surface area contributed by atoms with Crippen LogP contribution in [0.2, 0.25) is 0 Å². The molecule has 2 nitrogen and oxygen atoms in total. The fourth-order valence-electron chi connectivity index (χ4n) is 2.19. The Bertz CT molecular complexity index is 358. The summed E-state index contributed by atoms with van der Waals surface area (Å²) in [4.78, 5) is 2.35. The molecule has 0 saturated carbocycles. The molecule has 0 aliphatic rings. The molecule has 0 unspecified atom stereocenters. The van der Waals surface area contributed by atoms with Crippen LogP contribution in [0.4, 0.5) is 4.39 Å². The Morgan fingerprint density at radius 3 is 2.16 bits per heavy atom. The first-order valence-corrected chi connectivity index (χ1v) is 7.41. The first-order chi connectivity index (χ1) is 9.22. The van der Waals surface area contributed by atoms with Gasteiger partial charge in [-0.1, -0.05) is 44.9 Å². The molecule has 0 spiro atoms. The molecule has 0 aliphatic carbocycles. The number of halogens is 1. The van der Waals surface area contributed by atoms with Crippen molar-refractivity contribution in [1.29, 1.82) is 0 Å². The molecule has 0 bridgehead atoms. The van der Waals surface area contributed by atoms with Gasteiger partial charge in [-0.05, 0) is 25.9 Å². The summed E-state index contributed by atoms with van der Waals surface area (Å²) < 4.78 is 14.2. The molecule has 1 aromatic carbocycles. The highest BCUT2D eigenvalue weighted by molar-refractivity contribution is 5.25. The molecular weight excluding hydrogens is 239 g/mol. The minimum atomic E-state index is -0.122. The van der Waals surface area contributed by atoms with Crippen LogP contribution in [-0.2, 0) is 13.1 Å². The maximum atomic E-state index is 14.2. The van der Waals surface area contributed by atoms with E-state index in [0.717, 1.165) is 18.7 Å². The highest BCUT2D eigenvalue weighted by Crippen LogP contribution is 2.15. The summed E-state index contributed by atoms with van der Waals surface area (Å²) in [6.45, 7) is 7.43. The highest BCUT2D eigenvalue weighted by Gasteiger charge is 2.11. The molecule has 2 N–H and O–H groups in total. The minimum absolute atomic E-state index is 0.122. The predicted octanol–water partition coefficient (Wildman–Crippen LogP) is 3.69. The van der Waals surface area contributed by atoms with Crippen LogP contribution in [0.25, 0.3) is 0 Å². The summed E-state index contributed by atoms with van der Waals surface area (Å²) in [6, 6.07) is 5.54. The third kappa shape index (κ3) is 5.29. The quantitative estimate of drug-likeness (QED) is 0.738. The standard InChI is InChI=1S/C16H27FN2/c1-3-5-10-19(11-6-4-2)13-15-9-7-8-14(12-18)16(15)17/h7-9H,3-6,10-13,18H2,1-2H3. The van der Waals surface area contributed by atoms with Gasteiger partial charge in [0, 0.05) is 24.2 Å². The van der Waals surface area contributed by atoms with Crippen LogP contribution in [0, 0.1) is 5.82 Å². The van der Waals surface area contributed by atoms with E-state index in [-0.39, 0.29) is 12.4 Å². The van der Waals surface area contributed by atoms with Crippen molar-refractivity contribution in [2.24, 2.45) is 5.73 Å². The van der Waals surface area contributed by atoms with Gasteiger partial charge in [-0.15, -0.1) is 0 Å². The van der Waals surface area contributed by atoms with Gasteiger partial charge in [-0.2, -0.15) is 0 Å². The van der Waals surface area contributed by atoms with Crippen molar-refractivity contribution in [2.75, 3.05) is 13.1 Å². The lowest BCUT2D eigenvalue weighted by molar-refractivity contribution is 0.253. The van der Waals surface area contributed by atoms with E-state index in [1.807, 2.05) is 12.1 Å². The second-order valence-corrected chi connectivity index (χ2v) is 5.08. The van der Waals surface area contributed by atoms with Crippen LogP contribution in [0.15, 0.2) is 18.2 Å². The van der Waals surface area contributed by atoms with Crippen molar-refractivity contribution in [3.05, 3.63) is 35.1 Å². The lowest BCUT2D eigenvalue weighted by Crippen LogP contribution is -2.26. The lowest BCUT2D eigenvalue weighted by atomic mass is 10.1. The Labute approximate surface area is 116 Å². The second kappa shape index (κ2) is 9.05. The summed E-state index contributed by atoms with van der Waals surface area (Å²) in [5.41, 5.74) is 6.94. The van der Waals surface area contributed by atoms with E-state index in [4.69, 9.17) is 5.73 Å². The van der Waals surface area contributed by atoms with Gasteiger partial charge in [0.1, 0.15) is 5.82 Å². The number of benzene rings is 1. The third-order valence-electron chi connectivity index (χ3n) is 3.43. The van der Waals surface area contributed by atoms with Gasteiger partial charge in [-0.25, -0.2) is 4.39 Å². The molecule has 0 radical (unpaired) electrons. The fourth-order valence-corrected chi connectivity index (χ4v) is 2.19. The zero-order chi connectivity index (χ0) is 14.1. The molecule has 1 rings (SSSR count). The van der Waals surface area contributed by atoms with Crippen LogP contribution < -0.4 is 5.73 Å². The van der Waals surface area contributed by atoms with E-state index in [0.29, 0.717) is 12.1 Å². The summed E-state index contributed by atoms with van der Waals surface area (Å²) >= 11 is 0. The number of rotatable bonds is 9. The first kappa shape index (κ1) is 16.1. The molecule has 0 atom stereocenters.